The monoisotopic (exact) mass is 696 g/mol. The molecule has 0 spiro atoms. The predicted octanol–water partition coefficient (Wildman–Crippen LogP) is 2.37. The fourth-order valence-electron chi connectivity index (χ4n) is 6.29. The van der Waals surface area contributed by atoms with Crippen molar-refractivity contribution in [1.29, 1.82) is 0 Å². The number of hydrogen-bond donors (Lipinski definition) is 4. The Balaban J connectivity index is 1.76. The third-order valence-electron chi connectivity index (χ3n) is 9.22. The number of amides is 5. The highest BCUT2D eigenvalue weighted by Crippen LogP contribution is 2.26. The summed E-state index contributed by atoms with van der Waals surface area (Å²) in [5, 5.41) is 12.4. The molecule has 12 nitrogen and oxygen atoms in total. The second-order valence-electron chi connectivity index (χ2n) is 14.3. The standard InChI is InChI=1S/C36H52N6O6S/c1-9-36(7,8)48-22(6)29-33(46)40-28(21(4)5)34-38-25(19-49-34)30(43)39-27(20(2)3)32(45)37-24(18-23-14-11-10-12-15-23)35(47)42-17-13-16-26(42)31(44)41-29/h9-12,14-15,20-22,24-29H,1,13,16-19H2,2-8H3,(H,37,45)(H,39,43)(H,40,46)(H,41,44)/t22-,24-,25-,26-,27-,28+,29-/m0/s1. The van der Waals surface area contributed by atoms with Crippen LogP contribution in [0.1, 0.15) is 66.9 Å². The van der Waals surface area contributed by atoms with Crippen molar-refractivity contribution in [2.45, 2.75) is 116 Å². The Hall–Kier alpha value is -3.71. The Morgan fingerprint density at radius 2 is 1.51 bits per heavy atom. The third kappa shape index (κ3) is 9.50. The van der Waals surface area contributed by atoms with E-state index in [1.807, 2.05) is 71.9 Å². The van der Waals surface area contributed by atoms with Crippen LogP contribution in [-0.2, 0) is 35.1 Å². The van der Waals surface area contributed by atoms with Crippen molar-refractivity contribution in [3.63, 3.8) is 0 Å². The van der Waals surface area contributed by atoms with E-state index < -0.39 is 77.5 Å². The second kappa shape index (κ2) is 16.3. The van der Waals surface area contributed by atoms with Crippen LogP contribution in [0.15, 0.2) is 48.0 Å². The number of fused-ring (bicyclic) bond motifs is 2. The normalized spacial score (nSPS) is 28.1. The summed E-state index contributed by atoms with van der Waals surface area (Å²) in [5.41, 5.74) is 0.0251. The van der Waals surface area contributed by atoms with Gasteiger partial charge in [0.2, 0.25) is 29.5 Å². The van der Waals surface area contributed by atoms with Crippen LogP contribution in [0.4, 0.5) is 0 Å². The second-order valence-corrected chi connectivity index (χ2v) is 15.4. The lowest BCUT2D eigenvalue weighted by Gasteiger charge is -2.34. The number of nitrogens with one attached hydrogen (secondary N) is 4. The number of hydrogen-bond acceptors (Lipinski definition) is 8. The zero-order chi connectivity index (χ0) is 36.0. The minimum atomic E-state index is -1.12. The summed E-state index contributed by atoms with van der Waals surface area (Å²) in [4.78, 5) is 76.0. The van der Waals surface area contributed by atoms with Crippen LogP contribution in [0.2, 0.25) is 0 Å². The fraction of sp³-hybridized carbons (Fsp3) is 0.611. The Kier molecular flexibility index (Phi) is 12.7. The van der Waals surface area contributed by atoms with Gasteiger partial charge in [0.05, 0.1) is 22.8 Å². The molecule has 0 saturated carbocycles. The van der Waals surface area contributed by atoms with Gasteiger partial charge < -0.3 is 30.9 Å². The van der Waals surface area contributed by atoms with Crippen LogP contribution in [0.3, 0.4) is 0 Å². The molecule has 3 heterocycles. The SMILES string of the molecule is C=CC(C)(C)O[C@@H](C)[C@@H]1NC(=O)[C@@H]2CCCN2C(=O)[C@H](Cc2ccccc2)NC(=O)[C@H](C(C)C)NC(=O)[C@@H]2CSC(=N2)[C@@H](C(C)C)NC1=O. The molecule has 2 bridgehead atoms. The average Bonchev–Trinajstić information content (AvgIpc) is 3.74. The Morgan fingerprint density at radius 1 is 0.898 bits per heavy atom. The van der Waals surface area contributed by atoms with Crippen molar-refractivity contribution in [2.75, 3.05) is 12.3 Å². The van der Waals surface area contributed by atoms with Crippen LogP contribution in [0.5, 0.6) is 0 Å². The van der Waals surface area contributed by atoms with E-state index in [0.29, 0.717) is 30.2 Å². The summed E-state index contributed by atoms with van der Waals surface area (Å²) < 4.78 is 6.20. The van der Waals surface area contributed by atoms with Gasteiger partial charge in [-0.2, -0.15) is 0 Å². The summed E-state index contributed by atoms with van der Waals surface area (Å²) in [6, 6.07) is 4.07. The third-order valence-corrected chi connectivity index (χ3v) is 10.4. The van der Waals surface area contributed by atoms with Gasteiger partial charge >= 0.3 is 0 Å². The minimum Gasteiger partial charge on any atom is -0.366 e. The molecule has 0 aromatic heterocycles. The zero-order valence-corrected chi connectivity index (χ0v) is 30.5. The quantitative estimate of drug-likeness (QED) is 0.304. The van der Waals surface area contributed by atoms with Gasteiger partial charge in [-0.1, -0.05) is 64.1 Å². The number of nitrogens with zero attached hydrogens (tertiary/aromatic N) is 2. The molecule has 13 heteroatoms. The molecule has 1 aromatic carbocycles. The first-order valence-corrected chi connectivity index (χ1v) is 18.2. The van der Waals surface area contributed by atoms with Crippen molar-refractivity contribution < 1.29 is 28.7 Å². The first kappa shape index (κ1) is 38.1. The molecule has 0 radical (unpaired) electrons. The summed E-state index contributed by atoms with van der Waals surface area (Å²) in [6.07, 6.45) is 1.99. The lowest BCUT2D eigenvalue weighted by molar-refractivity contribution is -0.144. The van der Waals surface area contributed by atoms with Gasteiger partial charge in [0.1, 0.15) is 30.2 Å². The lowest BCUT2D eigenvalue weighted by Crippen LogP contribution is -2.61. The van der Waals surface area contributed by atoms with E-state index in [9.17, 15) is 24.0 Å². The highest BCUT2D eigenvalue weighted by Gasteiger charge is 2.42. The van der Waals surface area contributed by atoms with Crippen LogP contribution < -0.4 is 21.3 Å². The number of thioether (sulfide) groups is 1. The summed E-state index contributed by atoms with van der Waals surface area (Å²) >= 11 is 1.38. The van der Waals surface area contributed by atoms with Gasteiger partial charge in [0.25, 0.3) is 0 Å². The fourth-order valence-corrected chi connectivity index (χ4v) is 7.56. The minimum absolute atomic E-state index is 0.0986. The van der Waals surface area contributed by atoms with Crippen molar-refractivity contribution in [2.24, 2.45) is 16.8 Å². The molecule has 1 aromatic rings. The van der Waals surface area contributed by atoms with Crippen LogP contribution >= 0.6 is 11.8 Å². The van der Waals surface area contributed by atoms with Crippen molar-refractivity contribution in [3.05, 3.63) is 48.6 Å². The molecule has 3 aliphatic heterocycles. The Morgan fingerprint density at radius 3 is 2.14 bits per heavy atom. The van der Waals surface area contributed by atoms with E-state index in [1.165, 1.54) is 16.7 Å². The maximum Gasteiger partial charge on any atom is 0.246 e. The maximum absolute atomic E-state index is 14.3. The van der Waals surface area contributed by atoms with E-state index in [0.717, 1.165) is 5.56 Å². The van der Waals surface area contributed by atoms with E-state index >= 15 is 0 Å². The van der Waals surface area contributed by atoms with Gasteiger partial charge in [-0.15, -0.1) is 18.3 Å². The topological polar surface area (TPSA) is 158 Å². The Bertz CT molecular complexity index is 1430. The molecule has 1 fully saturated rings. The molecular formula is C36H52N6O6S. The molecule has 0 unspecified atom stereocenters. The number of ether oxygens (including phenoxy) is 1. The molecule has 4 N–H and O–H groups in total. The average molecular weight is 697 g/mol. The highest BCUT2D eigenvalue weighted by molar-refractivity contribution is 8.14. The number of benzene rings is 1. The summed E-state index contributed by atoms with van der Waals surface area (Å²) in [7, 11) is 0. The molecule has 0 aliphatic carbocycles. The van der Waals surface area contributed by atoms with Gasteiger partial charge in [-0.25, -0.2) is 0 Å². The van der Waals surface area contributed by atoms with Gasteiger partial charge in [-0.3, -0.25) is 29.0 Å². The van der Waals surface area contributed by atoms with E-state index in [2.05, 4.69) is 27.8 Å². The number of carbonyl (C=O) groups is 5. The first-order valence-electron chi connectivity index (χ1n) is 17.2. The number of rotatable bonds is 8. The molecular weight excluding hydrogens is 644 g/mol. The molecule has 268 valence electrons. The van der Waals surface area contributed by atoms with Gasteiger partial charge in [-0.05, 0) is 51.0 Å². The molecule has 4 rings (SSSR count). The Labute approximate surface area is 294 Å². The van der Waals surface area contributed by atoms with E-state index in [4.69, 9.17) is 9.73 Å². The first-order chi connectivity index (χ1) is 23.1. The largest absolute Gasteiger partial charge is 0.366 e. The summed E-state index contributed by atoms with van der Waals surface area (Å²) in [6.45, 7) is 17.0. The van der Waals surface area contributed by atoms with Gasteiger partial charge in [0.15, 0.2) is 0 Å². The molecule has 3 aliphatic rings. The molecule has 1 saturated heterocycles. The van der Waals surface area contributed by atoms with Gasteiger partial charge in [0, 0.05) is 18.7 Å². The van der Waals surface area contributed by atoms with Crippen molar-refractivity contribution >= 4 is 46.3 Å². The molecule has 49 heavy (non-hydrogen) atoms. The number of carbonyl (C=O) groups excluding carboxylic acids is 5. The summed E-state index contributed by atoms with van der Waals surface area (Å²) in [5.74, 6) is -2.31. The van der Waals surface area contributed by atoms with E-state index in [1.54, 1.807) is 13.0 Å². The van der Waals surface area contributed by atoms with E-state index in [-0.39, 0.29) is 18.3 Å². The highest BCUT2D eigenvalue weighted by atomic mass is 32.2. The molecule has 7 atom stereocenters. The van der Waals surface area contributed by atoms with Crippen molar-refractivity contribution in [1.82, 2.24) is 26.2 Å². The molecule has 5 amide bonds. The van der Waals surface area contributed by atoms with Crippen molar-refractivity contribution in [3.8, 4) is 0 Å². The maximum atomic E-state index is 14.3. The van der Waals surface area contributed by atoms with Crippen LogP contribution in [-0.4, -0.2) is 99.7 Å². The van der Waals surface area contributed by atoms with Crippen LogP contribution in [0, 0.1) is 11.8 Å². The number of aliphatic imine (C=N–C) groups is 1. The zero-order valence-electron chi connectivity index (χ0n) is 29.7. The smallest absolute Gasteiger partial charge is 0.246 e. The predicted molar refractivity (Wildman–Crippen MR) is 191 cm³/mol. The van der Waals surface area contributed by atoms with Crippen LogP contribution in [0.25, 0.3) is 0 Å². The lowest BCUT2D eigenvalue weighted by atomic mass is 10.00.